The Morgan fingerprint density at radius 1 is 1.22 bits per heavy atom. The molecule has 0 aliphatic carbocycles. The predicted molar refractivity (Wildman–Crippen MR) is 66.2 cm³/mol. The van der Waals surface area contributed by atoms with Crippen molar-refractivity contribution in [2.24, 2.45) is 0 Å². The first kappa shape index (κ1) is 13.5. The van der Waals surface area contributed by atoms with Gasteiger partial charge < -0.3 is 4.74 Å². The molecule has 8 heteroatoms. The molecule has 0 saturated carbocycles. The zero-order valence-electron chi connectivity index (χ0n) is 8.42. The van der Waals surface area contributed by atoms with Crippen LogP contribution in [0.4, 0.5) is 8.78 Å². The van der Waals surface area contributed by atoms with Crippen molar-refractivity contribution in [3.8, 4) is 11.6 Å². The first-order chi connectivity index (χ1) is 8.47. The maximum absolute atomic E-state index is 13.5. The summed E-state index contributed by atoms with van der Waals surface area (Å²) in [5, 5.41) is -0.0931. The topological polar surface area (TPSA) is 35.0 Å². The van der Waals surface area contributed by atoms with Gasteiger partial charge in [-0.05, 0) is 23.7 Å². The number of rotatable bonds is 2. The molecule has 0 aliphatic rings. The Bertz CT molecular complexity index is 613. The molecule has 2 aromatic rings. The van der Waals surface area contributed by atoms with E-state index in [4.69, 9.17) is 27.9 Å². The Labute approximate surface area is 119 Å². The quantitative estimate of drug-likeness (QED) is 0.582. The number of hydrogen-bond donors (Lipinski definition) is 0. The summed E-state index contributed by atoms with van der Waals surface area (Å²) in [7, 11) is 0. The van der Waals surface area contributed by atoms with Crippen molar-refractivity contribution in [2.45, 2.75) is 0 Å². The third-order valence-electron chi connectivity index (χ3n) is 1.85. The molecule has 0 unspecified atom stereocenters. The maximum Gasteiger partial charge on any atom is 0.242 e. The van der Waals surface area contributed by atoms with Crippen LogP contribution in [0.5, 0.6) is 11.6 Å². The lowest BCUT2D eigenvalue weighted by Gasteiger charge is -2.08. The van der Waals surface area contributed by atoms with Gasteiger partial charge in [-0.3, -0.25) is 0 Å². The van der Waals surface area contributed by atoms with Gasteiger partial charge >= 0.3 is 0 Å². The van der Waals surface area contributed by atoms with Crippen molar-refractivity contribution >= 4 is 39.1 Å². The van der Waals surface area contributed by atoms with Crippen LogP contribution < -0.4 is 4.74 Å². The molecule has 0 bridgehead atoms. The van der Waals surface area contributed by atoms with E-state index in [-0.39, 0.29) is 21.9 Å². The van der Waals surface area contributed by atoms with Crippen LogP contribution in [0, 0.1) is 11.6 Å². The summed E-state index contributed by atoms with van der Waals surface area (Å²) in [5.41, 5.74) is 0. The molecule has 0 amide bonds. The first-order valence-corrected chi connectivity index (χ1v) is 6.02. The van der Waals surface area contributed by atoms with Gasteiger partial charge in [0.25, 0.3) is 0 Å². The summed E-state index contributed by atoms with van der Waals surface area (Å²) in [6.07, 6.45) is 1.19. The van der Waals surface area contributed by atoms with E-state index >= 15 is 0 Å². The predicted octanol–water partition coefficient (Wildman–Crippen LogP) is 4.62. The number of halogens is 5. The number of nitrogens with zero attached hydrogens (tertiary/aromatic N) is 2. The van der Waals surface area contributed by atoms with E-state index in [9.17, 15) is 8.78 Å². The molecular formula is C10H3BrCl2F2N2O. The second kappa shape index (κ2) is 5.34. The van der Waals surface area contributed by atoms with Gasteiger partial charge in [0.05, 0.1) is 6.20 Å². The van der Waals surface area contributed by atoms with Gasteiger partial charge in [-0.25, -0.2) is 9.37 Å². The van der Waals surface area contributed by atoms with E-state index in [2.05, 4.69) is 25.9 Å². The highest BCUT2D eigenvalue weighted by Gasteiger charge is 2.15. The molecular weight excluding hydrogens is 353 g/mol. The number of benzene rings is 1. The summed E-state index contributed by atoms with van der Waals surface area (Å²) < 4.78 is 32.0. The normalized spacial score (nSPS) is 10.5. The molecule has 3 nitrogen and oxygen atoms in total. The lowest BCUT2D eigenvalue weighted by atomic mass is 10.3. The number of aromatic nitrogens is 2. The van der Waals surface area contributed by atoms with Crippen molar-refractivity contribution in [3.05, 3.63) is 44.7 Å². The van der Waals surface area contributed by atoms with Gasteiger partial charge in [-0.2, -0.15) is 9.37 Å². The van der Waals surface area contributed by atoms with Crippen LogP contribution in [0.3, 0.4) is 0 Å². The van der Waals surface area contributed by atoms with Crippen LogP contribution in [0.25, 0.3) is 0 Å². The Morgan fingerprint density at radius 3 is 2.67 bits per heavy atom. The lowest BCUT2D eigenvalue weighted by Crippen LogP contribution is -1.96. The van der Waals surface area contributed by atoms with E-state index in [1.54, 1.807) is 0 Å². The van der Waals surface area contributed by atoms with Crippen molar-refractivity contribution in [2.75, 3.05) is 0 Å². The van der Waals surface area contributed by atoms with Crippen LogP contribution in [0.2, 0.25) is 10.3 Å². The third-order valence-corrected chi connectivity index (χ3v) is 2.75. The van der Waals surface area contributed by atoms with E-state index in [0.29, 0.717) is 4.47 Å². The molecule has 0 spiro atoms. The zero-order valence-corrected chi connectivity index (χ0v) is 11.5. The number of hydrogen-bond acceptors (Lipinski definition) is 3. The van der Waals surface area contributed by atoms with Crippen LogP contribution >= 0.6 is 39.1 Å². The Kier molecular flexibility index (Phi) is 3.99. The van der Waals surface area contributed by atoms with Crippen LogP contribution in [0.1, 0.15) is 0 Å². The highest BCUT2D eigenvalue weighted by Crippen LogP contribution is 2.32. The second-order valence-corrected chi connectivity index (χ2v) is 4.75. The Balaban J connectivity index is 2.43. The standard InChI is InChI=1S/C10H3BrCl2F2N2O/c11-4-1-6(14)8(15)7(2-4)18-9-5(12)3-16-10(13)17-9/h1-3H. The van der Waals surface area contributed by atoms with E-state index < -0.39 is 11.6 Å². The molecule has 2 rings (SSSR count). The van der Waals surface area contributed by atoms with E-state index in [1.807, 2.05) is 0 Å². The minimum atomic E-state index is -1.15. The van der Waals surface area contributed by atoms with Crippen LogP contribution in [-0.2, 0) is 0 Å². The summed E-state index contributed by atoms with van der Waals surface area (Å²) >= 11 is 14.3. The van der Waals surface area contributed by atoms with Gasteiger partial charge in [0.15, 0.2) is 11.6 Å². The molecule has 1 aromatic heterocycles. The maximum atomic E-state index is 13.5. The summed E-state index contributed by atoms with van der Waals surface area (Å²) in [5.74, 6) is -2.73. The first-order valence-electron chi connectivity index (χ1n) is 4.48. The van der Waals surface area contributed by atoms with Crippen LogP contribution in [-0.4, -0.2) is 9.97 Å². The summed E-state index contributed by atoms with van der Waals surface area (Å²) in [6, 6.07) is 2.21. The highest BCUT2D eigenvalue weighted by molar-refractivity contribution is 9.10. The Hall–Kier alpha value is -0.980. The Morgan fingerprint density at radius 2 is 1.94 bits per heavy atom. The second-order valence-electron chi connectivity index (χ2n) is 3.09. The molecule has 0 aliphatic heterocycles. The monoisotopic (exact) mass is 354 g/mol. The molecule has 0 saturated heterocycles. The fraction of sp³-hybridized carbons (Fsp3) is 0. The minimum absolute atomic E-state index is 0.0270. The number of ether oxygens (including phenoxy) is 1. The fourth-order valence-corrected chi connectivity index (χ4v) is 1.78. The van der Waals surface area contributed by atoms with Crippen molar-refractivity contribution in [3.63, 3.8) is 0 Å². The smallest absolute Gasteiger partial charge is 0.242 e. The molecule has 0 N–H and O–H groups in total. The van der Waals surface area contributed by atoms with Gasteiger partial charge in [0.2, 0.25) is 17.0 Å². The van der Waals surface area contributed by atoms with Gasteiger partial charge in [0.1, 0.15) is 5.02 Å². The van der Waals surface area contributed by atoms with Crippen LogP contribution in [0.15, 0.2) is 22.8 Å². The molecule has 1 heterocycles. The fourth-order valence-electron chi connectivity index (χ4n) is 1.11. The third kappa shape index (κ3) is 2.88. The average molecular weight is 356 g/mol. The average Bonchev–Trinajstić information content (AvgIpc) is 2.30. The molecule has 1 aromatic carbocycles. The van der Waals surface area contributed by atoms with E-state index in [1.165, 1.54) is 12.3 Å². The SMILES string of the molecule is Fc1cc(Br)cc(Oc2nc(Cl)ncc2Cl)c1F. The lowest BCUT2D eigenvalue weighted by molar-refractivity contribution is 0.404. The van der Waals surface area contributed by atoms with E-state index in [0.717, 1.165) is 6.07 Å². The van der Waals surface area contributed by atoms with Crippen molar-refractivity contribution < 1.29 is 13.5 Å². The van der Waals surface area contributed by atoms with Gasteiger partial charge in [-0.15, -0.1) is 0 Å². The van der Waals surface area contributed by atoms with Crippen molar-refractivity contribution in [1.82, 2.24) is 9.97 Å². The molecule has 0 radical (unpaired) electrons. The van der Waals surface area contributed by atoms with Gasteiger partial charge in [-0.1, -0.05) is 27.5 Å². The molecule has 94 valence electrons. The molecule has 0 atom stereocenters. The largest absolute Gasteiger partial charge is 0.434 e. The minimum Gasteiger partial charge on any atom is -0.434 e. The molecule has 18 heavy (non-hydrogen) atoms. The summed E-state index contributed by atoms with van der Waals surface area (Å²) in [6.45, 7) is 0. The van der Waals surface area contributed by atoms with Crippen molar-refractivity contribution in [1.29, 1.82) is 0 Å². The highest BCUT2D eigenvalue weighted by atomic mass is 79.9. The molecule has 0 fully saturated rings. The van der Waals surface area contributed by atoms with Gasteiger partial charge in [0, 0.05) is 4.47 Å². The zero-order chi connectivity index (χ0) is 13.3. The summed E-state index contributed by atoms with van der Waals surface area (Å²) in [4.78, 5) is 7.27.